The molecule has 0 spiro atoms. The SMILES string of the molecule is CC(C)OCCCCNC(=O)Cc1ccc(S)cc1. The number of nitrogens with one attached hydrogen (secondary N) is 1. The summed E-state index contributed by atoms with van der Waals surface area (Å²) >= 11 is 4.21. The molecule has 0 saturated heterocycles. The first-order valence-corrected chi connectivity index (χ1v) is 7.19. The number of thiol groups is 1. The van der Waals surface area contributed by atoms with Gasteiger partial charge in [0.05, 0.1) is 12.5 Å². The lowest BCUT2D eigenvalue weighted by Gasteiger charge is -2.08. The quantitative estimate of drug-likeness (QED) is 0.568. The van der Waals surface area contributed by atoms with Gasteiger partial charge in [-0.2, -0.15) is 0 Å². The van der Waals surface area contributed by atoms with Crippen molar-refractivity contribution in [2.45, 2.75) is 44.1 Å². The summed E-state index contributed by atoms with van der Waals surface area (Å²) in [5.74, 6) is 0.0664. The van der Waals surface area contributed by atoms with Crippen molar-refractivity contribution in [3.63, 3.8) is 0 Å². The highest BCUT2D eigenvalue weighted by Gasteiger charge is 2.02. The van der Waals surface area contributed by atoms with E-state index in [-0.39, 0.29) is 12.0 Å². The second-order valence-electron chi connectivity index (χ2n) is 4.82. The van der Waals surface area contributed by atoms with Crippen molar-refractivity contribution in [1.29, 1.82) is 0 Å². The summed E-state index contributed by atoms with van der Waals surface area (Å²) in [4.78, 5) is 12.6. The average molecular weight is 281 g/mol. The number of ether oxygens (including phenoxy) is 1. The molecule has 0 unspecified atom stereocenters. The maximum atomic E-state index is 11.7. The molecule has 0 heterocycles. The molecule has 0 saturated carbocycles. The molecule has 1 rings (SSSR count). The minimum Gasteiger partial charge on any atom is -0.379 e. The molecule has 1 aromatic rings. The minimum atomic E-state index is 0.0664. The van der Waals surface area contributed by atoms with Crippen molar-refractivity contribution < 1.29 is 9.53 Å². The Morgan fingerprint density at radius 2 is 1.95 bits per heavy atom. The van der Waals surface area contributed by atoms with E-state index in [1.807, 2.05) is 38.1 Å². The van der Waals surface area contributed by atoms with Crippen LogP contribution < -0.4 is 5.32 Å². The van der Waals surface area contributed by atoms with E-state index in [1.54, 1.807) is 0 Å². The molecule has 0 aromatic heterocycles. The topological polar surface area (TPSA) is 38.3 Å². The molecule has 0 aliphatic heterocycles. The third kappa shape index (κ3) is 7.90. The van der Waals surface area contributed by atoms with E-state index in [9.17, 15) is 4.79 Å². The predicted molar refractivity (Wildman–Crippen MR) is 80.7 cm³/mol. The molecule has 106 valence electrons. The van der Waals surface area contributed by atoms with Crippen molar-refractivity contribution in [3.05, 3.63) is 29.8 Å². The lowest BCUT2D eigenvalue weighted by molar-refractivity contribution is -0.120. The number of hydrogen-bond donors (Lipinski definition) is 2. The van der Waals surface area contributed by atoms with Crippen LogP contribution in [0, 0.1) is 0 Å². The summed E-state index contributed by atoms with van der Waals surface area (Å²) in [6.07, 6.45) is 2.64. The van der Waals surface area contributed by atoms with Crippen LogP contribution in [-0.2, 0) is 16.0 Å². The first-order chi connectivity index (χ1) is 9.08. The Balaban J connectivity index is 2.09. The highest BCUT2D eigenvalue weighted by atomic mass is 32.1. The molecule has 3 nitrogen and oxygen atoms in total. The van der Waals surface area contributed by atoms with Gasteiger partial charge in [0, 0.05) is 18.0 Å². The monoisotopic (exact) mass is 281 g/mol. The third-order valence-electron chi connectivity index (χ3n) is 2.65. The Morgan fingerprint density at radius 1 is 1.26 bits per heavy atom. The fourth-order valence-corrected chi connectivity index (χ4v) is 1.78. The van der Waals surface area contributed by atoms with Crippen molar-refractivity contribution in [2.75, 3.05) is 13.2 Å². The van der Waals surface area contributed by atoms with Crippen LogP contribution in [0.1, 0.15) is 32.3 Å². The molecular formula is C15H23NO2S. The summed E-state index contributed by atoms with van der Waals surface area (Å²) in [5, 5.41) is 2.92. The summed E-state index contributed by atoms with van der Waals surface area (Å²) in [7, 11) is 0. The molecular weight excluding hydrogens is 258 g/mol. The maximum absolute atomic E-state index is 11.7. The second kappa shape index (κ2) is 8.99. The van der Waals surface area contributed by atoms with E-state index < -0.39 is 0 Å². The van der Waals surface area contributed by atoms with Crippen LogP contribution in [0.25, 0.3) is 0 Å². The van der Waals surface area contributed by atoms with Gasteiger partial charge < -0.3 is 10.1 Å². The van der Waals surface area contributed by atoms with Gasteiger partial charge in [-0.05, 0) is 44.4 Å². The first kappa shape index (κ1) is 16.1. The number of hydrogen-bond acceptors (Lipinski definition) is 3. The van der Waals surface area contributed by atoms with Gasteiger partial charge in [0.2, 0.25) is 5.91 Å². The Hall–Kier alpha value is -1.00. The molecule has 19 heavy (non-hydrogen) atoms. The molecule has 1 N–H and O–H groups in total. The number of carbonyl (C=O) groups is 1. The number of amides is 1. The Kier molecular flexibility index (Phi) is 7.60. The molecule has 0 fully saturated rings. The summed E-state index contributed by atoms with van der Waals surface area (Å²) in [6.45, 7) is 5.53. The van der Waals surface area contributed by atoms with Crippen molar-refractivity contribution in [3.8, 4) is 0 Å². The van der Waals surface area contributed by atoms with E-state index in [4.69, 9.17) is 4.74 Å². The van der Waals surface area contributed by atoms with Gasteiger partial charge in [0.15, 0.2) is 0 Å². The van der Waals surface area contributed by atoms with Gasteiger partial charge in [-0.15, -0.1) is 12.6 Å². The van der Waals surface area contributed by atoms with Crippen molar-refractivity contribution in [1.82, 2.24) is 5.32 Å². The van der Waals surface area contributed by atoms with E-state index in [1.165, 1.54) is 0 Å². The standard InChI is InChI=1S/C15H23NO2S/c1-12(2)18-10-4-3-9-16-15(17)11-13-5-7-14(19)8-6-13/h5-8,12,19H,3-4,9-11H2,1-2H3,(H,16,17). The zero-order valence-electron chi connectivity index (χ0n) is 11.7. The Bertz CT molecular complexity index is 376. The zero-order chi connectivity index (χ0) is 14.1. The van der Waals surface area contributed by atoms with E-state index in [0.717, 1.165) is 29.9 Å². The fourth-order valence-electron chi connectivity index (χ4n) is 1.64. The Morgan fingerprint density at radius 3 is 2.58 bits per heavy atom. The van der Waals surface area contributed by atoms with Gasteiger partial charge in [-0.3, -0.25) is 4.79 Å². The largest absolute Gasteiger partial charge is 0.379 e. The van der Waals surface area contributed by atoms with E-state index in [0.29, 0.717) is 13.0 Å². The van der Waals surface area contributed by atoms with Crippen LogP contribution in [0.3, 0.4) is 0 Å². The number of rotatable bonds is 8. The minimum absolute atomic E-state index is 0.0664. The average Bonchev–Trinajstić information content (AvgIpc) is 2.36. The van der Waals surface area contributed by atoms with Gasteiger partial charge in [-0.1, -0.05) is 12.1 Å². The zero-order valence-corrected chi connectivity index (χ0v) is 12.6. The predicted octanol–water partition coefficient (Wildman–Crippen LogP) is 2.84. The van der Waals surface area contributed by atoms with Crippen LogP contribution in [0.5, 0.6) is 0 Å². The molecule has 0 aliphatic rings. The van der Waals surface area contributed by atoms with Crippen LogP contribution in [0.2, 0.25) is 0 Å². The summed E-state index contributed by atoms with van der Waals surface area (Å²) in [5.41, 5.74) is 1.01. The second-order valence-corrected chi connectivity index (χ2v) is 5.34. The third-order valence-corrected chi connectivity index (χ3v) is 2.94. The van der Waals surface area contributed by atoms with Gasteiger partial charge in [0.25, 0.3) is 0 Å². The van der Waals surface area contributed by atoms with Crippen molar-refractivity contribution in [2.24, 2.45) is 0 Å². The highest BCUT2D eigenvalue weighted by Crippen LogP contribution is 2.08. The smallest absolute Gasteiger partial charge is 0.224 e. The summed E-state index contributed by atoms with van der Waals surface area (Å²) in [6, 6.07) is 7.65. The molecule has 1 amide bonds. The lowest BCUT2D eigenvalue weighted by Crippen LogP contribution is -2.26. The van der Waals surface area contributed by atoms with E-state index in [2.05, 4.69) is 17.9 Å². The van der Waals surface area contributed by atoms with Crippen LogP contribution >= 0.6 is 12.6 Å². The van der Waals surface area contributed by atoms with Gasteiger partial charge in [-0.25, -0.2) is 0 Å². The van der Waals surface area contributed by atoms with Crippen LogP contribution in [0.15, 0.2) is 29.2 Å². The molecule has 0 radical (unpaired) electrons. The number of unbranched alkanes of at least 4 members (excludes halogenated alkanes) is 1. The van der Waals surface area contributed by atoms with Crippen LogP contribution in [-0.4, -0.2) is 25.2 Å². The van der Waals surface area contributed by atoms with Crippen molar-refractivity contribution >= 4 is 18.5 Å². The summed E-state index contributed by atoms with van der Waals surface area (Å²) < 4.78 is 5.44. The fraction of sp³-hybridized carbons (Fsp3) is 0.533. The molecule has 0 aliphatic carbocycles. The molecule has 4 heteroatoms. The first-order valence-electron chi connectivity index (χ1n) is 6.74. The number of benzene rings is 1. The van der Waals surface area contributed by atoms with Gasteiger partial charge >= 0.3 is 0 Å². The molecule has 0 bridgehead atoms. The van der Waals surface area contributed by atoms with Crippen LogP contribution in [0.4, 0.5) is 0 Å². The highest BCUT2D eigenvalue weighted by molar-refractivity contribution is 7.80. The van der Waals surface area contributed by atoms with Gasteiger partial charge in [0.1, 0.15) is 0 Å². The Labute approximate surface area is 121 Å². The van der Waals surface area contributed by atoms with E-state index >= 15 is 0 Å². The number of carbonyl (C=O) groups excluding carboxylic acids is 1. The maximum Gasteiger partial charge on any atom is 0.224 e. The molecule has 0 atom stereocenters. The lowest BCUT2D eigenvalue weighted by atomic mass is 10.1. The normalized spacial score (nSPS) is 10.7. The molecule has 1 aromatic carbocycles.